The third-order valence-corrected chi connectivity index (χ3v) is 2.97. The number of fused-ring (bicyclic) bond motifs is 1. The summed E-state index contributed by atoms with van der Waals surface area (Å²) in [4.78, 5) is 4.11. The summed E-state index contributed by atoms with van der Waals surface area (Å²) in [6.45, 7) is 1.54. The molecule has 0 bridgehead atoms. The van der Waals surface area contributed by atoms with Gasteiger partial charge in [-0.3, -0.25) is 4.98 Å². The van der Waals surface area contributed by atoms with Gasteiger partial charge in [-0.2, -0.15) is 10.2 Å². The smallest absolute Gasteiger partial charge is 0.0769 e. The predicted molar refractivity (Wildman–Crippen MR) is 74.3 cm³/mol. The van der Waals surface area contributed by atoms with E-state index in [-0.39, 0.29) is 0 Å². The molecule has 4 nitrogen and oxygen atoms in total. The van der Waals surface area contributed by atoms with E-state index in [4.69, 9.17) is 0 Å². The number of rotatable bonds is 4. The maximum atomic E-state index is 4.11. The molecule has 19 heavy (non-hydrogen) atoms. The van der Waals surface area contributed by atoms with Crippen LogP contribution < -0.4 is 5.32 Å². The normalized spacial score (nSPS) is 10.7. The Morgan fingerprint density at radius 2 is 1.95 bits per heavy atom. The van der Waals surface area contributed by atoms with Crippen LogP contribution in [0.15, 0.2) is 55.0 Å². The molecule has 0 saturated heterocycles. The molecule has 0 amide bonds. The van der Waals surface area contributed by atoms with Crippen molar-refractivity contribution in [2.24, 2.45) is 0 Å². The summed E-state index contributed by atoms with van der Waals surface area (Å²) in [6, 6.07) is 12.3. The van der Waals surface area contributed by atoms with Crippen LogP contribution in [0.5, 0.6) is 0 Å². The second kappa shape index (κ2) is 5.54. The monoisotopic (exact) mass is 250 g/mol. The Morgan fingerprint density at radius 3 is 2.84 bits per heavy atom. The molecular formula is C15H14N4. The first-order chi connectivity index (χ1) is 9.42. The Hall–Kier alpha value is -2.33. The number of nitrogens with one attached hydrogen (secondary N) is 1. The molecule has 2 heterocycles. The minimum atomic E-state index is 0.724. The van der Waals surface area contributed by atoms with Gasteiger partial charge in [-0.25, -0.2) is 0 Å². The Kier molecular flexibility index (Phi) is 3.42. The zero-order valence-corrected chi connectivity index (χ0v) is 10.5. The van der Waals surface area contributed by atoms with Crippen LogP contribution in [0.25, 0.3) is 10.8 Å². The molecule has 4 heteroatoms. The van der Waals surface area contributed by atoms with Crippen molar-refractivity contribution >= 4 is 10.8 Å². The lowest BCUT2D eigenvalue weighted by atomic mass is 10.1. The van der Waals surface area contributed by atoms with Crippen LogP contribution in [0, 0.1) is 0 Å². The van der Waals surface area contributed by atoms with Crippen molar-refractivity contribution in [3.8, 4) is 0 Å². The van der Waals surface area contributed by atoms with Crippen molar-refractivity contribution in [2.75, 3.05) is 0 Å². The Labute approximate surface area is 111 Å². The molecule has 3 rings (SSSR count). The largest absolute Gasteiger partial charge is 0.307 e. The minimum absolute atomic E-state index is 0.724. The fourth-order valence-corrected chi connectivity index (χ4v) is 2.01. The van der Waals surface area contributed by atoms with Crippen molar-refractivity contribution in [1.82, 2.24) is 20.5 Å². The number of pyridine rings is 1. The van der Waals surface area contributed by atoms with Crippen LogP contribution >= 0.6 is 0 Å². The van der Waals surface area contributed by atoms with Crippen LogP contribution in [0.2, 0.25) is 0 Å². The second-order valence-electron chi connectivity index (χ2n) is 4.38. The van der Waals surface area contributed by atoms with Gasteiger partial charge in [-0.05, 0) is 35.2 Å². The first-order valence-electron chi connectivity index (χ1n) is 6.22. The van der Waals surface area contributed by atoms with E-state index in [0.717, 1.165) is 18.8 Å². The van der Waals surface area contributed by atoms with Gasteiger partial charge in [0.15, 0.2) is 0 Å². The molecule has 1 aromatic carbocycles. The first kappa shape index (κ1) is 11.7. The zero-order valence-electron chi connectivity index (χ0n) is 10.5. The molecule has 94 valence electrons. The topological polar surface area (TPSA) is 50.7 Å². The van der Waals surface area contributed by atoms with Crippen LogP contribution in [0.1, 0.15) is 11.3 Å². The van der Waals surface area contributed by atoms with Crippen molar-refractivity contribution in [3.05, 3.63) is 66.2 Å². The number of hydrogen-bond acceptors (Lipinski definition) is 4. The molecule has 0 fully saturated rings. The van der Waals surface area contributed by atoms with Gasteiger partial charge >= 0.3 is 0 Å². The average molecular weight is 250 g/mol. The van der Waals surface area contributed by atoms with Gasteiger partial charge in [0.05, 0.1) is 5.69 Å². The average Bonchev–Trinajstić information content (AvgIpc) is 2.48. The standard InChI is InChI=1S/C15H14N4/c1-2-15(19-18-6-1)11-17-9-12-3-4-14-10-16-7-5-13(14)8-12/h1-8,10,17H,9,11H2. The molecular weight excluding hydrogens is 236 g/mol. The molecule has 0 unspecified atom stereocenters. The van der Waals surface area contributed by atoms with E-state index < -0.39 is 0 Å². The van der Waals surface area contributed by atoms with Gasteiger partial charge in [0.2, 0.25) is 0 Å². The van der Waals surface area contributed by atoms with E-state index >= 15 is 0 Å². The molecule has 0 saturated carbocycles. The number of aromatic nitrogens is 3. The summed E-state index contributed by atoms with van der Waals surface area (Å²) in [5.41, 5.74) is 2.20. The quantitative estimate of drug-likeness (QED) is 0.772. The Bertz CT molecular complexity index is 667. The third-order valence-electron chi connectivity index (χ3n) is 2.97. The van der Waals surface area contributed by atoms with Gasteiger partial charge in [0.1, 0.15) is 0 Å². The molecule has 2 aromatic heterocycles. The fraction of sp³-hybridized carbons (Fsp3) is 0.133. The highest BCUT2D eigenvalue weighted by atomic mass is 15.1. The molecule has 0 atom stereocenters. The molecule has 0 aliphatic heterocycles. The maximum Gasteiger partial charge on any atom is 0.0769 e. The lowest BCUT2D eigenvalue weighted by Crippen LogP contribution is -2.13. The van der Waals surface area contributed by atoms with Gasteiger partial charge in [0, 0.05) is 37.1 Å². The van der Waals surface area contributed by atoms with E-state index in [0.29, 0.717) is 0 Å². The third kappa shape index (κ3) is 2.92. The van der Waals surface area contributed by atoms with E-state index in [2.05, 4.69) is 38.7 Å². The highest BCUT2D eigenvalue weighted by molar-refractivity contribution is 5.81. The van der Waals surface area contributed by atoms with E-state index in [9.17, 15) is 0 Å². The van der Waals surface area contributed by atoms with E-state index in [1.165, 1.54) is 16.3 Å². The predicted octanol–water partition coefficient (Wildman–Crippen LogP) is 2.31. The summed E-state index contributed by atoms with van der Waals surface area (Å²) < 4.78 is 0. The van der Waals surface area contributed by atoms with Crippen molar-refractivity contribution in [3.63, 3.8) is 0 Å². The summed E-state index contributed by atoms with van der Waals surface area (Å²) in [5.74, 6) is 0. The number of nitrogens with zero attached hydrogens (tertiary/aromatic N) is 3. The van der Waals surface area contributed by atoms with Crippen LogP contribution in [0.3, 0.4) is 0 Å². The highest BCUT2D eigenvalue weighted by Crippen LogP contribution is 2.14. The first-order valence-corrected chi connectivity index (χ1v) is 6.22. The summed E-state index contributed by atoms with van der Waals surface area (Å²) in [7, 11) is 0. The van der Waals surface area contributed by atoms with Crippen LogP contribution in [-0.4, -0.2) is 15.2 Å². The van der Waals surface area contributed by atoms with Crippen molar-refractivity contribution in [1.29, 1.82) is 0 Å². The van der Waals surface area contributed by atoms with Gasteiger partial charge in [-0.1, -0.05) is 12.1 Å². The highest BCUT2D eigenvalue weighted by Gasteiger charge is 1.97. The molecule has 1 N–H and O–H groups in total. The van der Waals surface area contributed by atoms with Crippen molar-refractivity contribution in [2.45, 2.75) is 13.1 Å². The maximum absolute atomic E-state index is 4.11. The minimum Gasteiger partial charge on any atom is -0.307 e. The van der Waals surface area contributed by atoms with Gasteiger partial charge < -0.3 is 5.32 Å². The summed E-state index contributed by atoms with van der Waals surface area (Å²) in [5, 5.41) is 13.6. The van der Waals surface area contributed by atoms with Crippen LogP contribution in [-0.2, 0) is 13.1 Å². The Morgan fingerprint density at radius 1 is 0.947 bits per heavy atom. The molecule has 3 aromatic rings. The van der Waals surface area contributed by atoms with Crippen LogP contribution in [0.4, 0.5) is 0 Å². The number of hydrogen-bond donors (Lipinski definition) is 1. The lowest BCUT2D eigenvalue weighted by molar-refractivity contribution is 0.670. The molecule has 0 aliphatic rings. The van der Waals surface area contributed by atoms with Gasteiger partial charge in [-0.15, -0.1) is 0 Å². The summed E-state index contributed by atoms with van der Waals surface area (Å²) >= 11 is 0. The SMILES string of the molecule is c1cnnc(CNCc2ccc3cnccc3c2)c1. The van der Waals surface area contributed by atoms with Crippen molar-refractivity contribution < 1.29 is 0 Å². The zero-order chi connectivity index (χ0) is 12.9. The molecule has 0 spiro atoms. The van der Waals surface area contributed by atoms with Gasteiger partial charge in [0.25, 0.3) is 0 Å². The van der Waals surface area contributed by atoms with E-state index in [1.54, 1.807) is 6.20 Å². The summed E-state index contributed by atoms with van der Waals surface area (Å²) in [6.07, 6.45) is 5.38. The van der Waals surface area contributed by atoms with E-state index in [1.807, 2.05) is 30.6 Å². The number of benzene rings is 1. The second-order valence-corrected chi connectivity index (χ2v) is 4.38. The Balaban J connectivity index is 1.65. The molecule has 0 aliphatic carbocycles. The molecule has 0 radical (unpaired) electrons. The lowest BCUT2D eigenvalue weighted by Gasteiger charge is -2.05. The fourth-order valence-electron chi connectivity index (χ4n) is 2.01.